The van der Waals surface area contributed by atoms with Gasteiger partial charge in [-0.1, -0.05) is 0 Å². The molecule has 88 valence electrons. The van der Waals surface area contributed by atoms with E-state index in [1.54, 1.807) is 0 Å². The number of ether oxygens (including phenoxy) is 1. The average molecular weight is 298 g/mol. The second-order valence-corrected chi connectivity index (χ2v) is 4.33. The van der Waals surface area contributed by atoms with E-state index in [1.807, 2.05) is 0 Å². The molecule has 1 aliphatic heterocycles. The first-order valence-corrected chi connectivity index (χ1v) is 5.25. The Morgan fingerprint density at radius 2 is 2.06 bits per heavy atom. The highest BCUT2D eigenvalue weighted by molar-refractivity contribution is 9.10. The van der Waals surface area contributed by atoms with Gasteiger partial charge in [0.2, 0.25) is 0 Å². The maximum absolute atomic E-state index is 12.5. The van der Waals surface area contributed by atoms with Crippen molar-refractivity contribution in [3.63, 3.8) is 0 Å². The van der Waals surface area contributed by atoms with Gasteiger partial charge in [0.1, 0.15) is 0 Å². The monoisotopic (exact) mass is 297 g/mol. The normalized spacial score (nSPS) is 17.2. The molecule has 1 aliphatic rings. The lowest BCUT2D eigenvalue weighted by molar-refractivity contribution is -0.138. The van der Waals surface area contributed by atoms with Gasteiger partial charge in [0.25, 0.3) is 5.56 Å². The third-order valence-electron chi connectivity index (χ3n) is 2.34. The number of alkyl halides is 3. The van der Waals surface area contributed by atoms with Gasteiger partial charge in [0, 0.05) is 6.20 Å². The molecule has 16 heavy (non-hydrogen) atoms. The third kappa shape index (κ3) is 2.01. The quantitative estimate of drug-likeness (QED) is 0.796. The molecule has 1 aromatic heterocycles. The first-order chi connectivity index (χ1) is 7.39. The molecule has 0 aromatic carbocycles. The Kier molecular flexibility index (Phi) is 2.83. The van der Waals surface area contributed by atoms with E-state index in [1.165, 1.54) is 0 Å². The van der Waals surface area contributed by atoms with Gasteiger partial charge in [-0.3, -0.25) is 4.79 Å². The zero-order valence-corrected chi connectivity index (χ0v) is 9.51. The molecular weight excluding hydrogens is 291 g/mol. The van der Waals surface area contributed by atoms with Crippen LogP contribution in [-0.4, -0.2) is 17.8 Å². The molecule has 7 heteroatoms. The topological polar surface area (TPSA) is 31.2 Å². The van der Waals surface area contributed by atoms with E-state index in [9.17, 15) is 18.0 Å². The van der Waals surface area contributed by atoms with Gasteiger partial charge in [-0.25, -0.2) is 0 Å². The van der Waals surface area contributed by atoms with Crippen molar-refractivity contribution in [3.05, 3.63) is 32.7 Å². The second-order valence-electron chi connectivity index (χ2n) is 3.48. The molecule has 0 bridgehead atoms. The van der Waals surface area contributed by atoms with Crippen LogP contribution in [0.15, 0.2) is 21.5 Å². The molecule has 0 amide bonds. The van der Waals surface area contributed by atoms with Crippen molar-refractivity contribution in [1.29, 1.82) is 0 Å². The van der Waals surface area contributed by atoms with Crippen molar-refractivity contribution < 1.29 is 17.9 Å². The summed E-state index contributed by atoms with van der Waals surface area (Å²) < 4.78 is 43.3. The molecule has 0 aliphatic carbocycles. The summed E-state index contributed by atoms with van der Waals surface area (Å²) in [6.45, 7) is 0.543. The zero-order chi connectivity index (χ0) is 11.9. The van der Waals surface area contributed by atoms with Gasteiger partial charge in [-0.2, -0.15) is 13.2 Å². The van der Waals surface area contributed by atoms with Gasteiger partial charge in [-0.05, 0) is 22.0 Å². The first-order valence-electron chi connectivity index (χ1n) is 4.46. The molecule has 0 atom stereocenters. The predicted molar refractivity (Wildman–Crippen MR) is 53.3 cm³/mol. The highest BCUT2D eigenvalue weighted by Gasteiger charge is 2.33. The number of aromatic nitrogens is 1. The molecule has 3 nitrogen and oxygen atoms in total. The summed E-state index contributed by atoms with van der Waals surface area (Å²) in [6, 6.07) is 0.490. The lowest BCUT2D eigenvalue weighted by atomic mass is 10.2. The summed E-state index contributed by atoms with van der Waals surface area (Å²) in [5.74, 6) is 0. The smallest absolute Gasteiger partial charge is 0.377 e. The van der Waals surface area contributed by atoms with Crippen molar-refractivity contribution in [2.45, 2.75) is 12.2 Å². The minimum absolute atomic E-state index is 0.0887. The maximum atomic E-state index is 12.5. The maximum Gasteiger partial charge on any atom is 0.417 e. The van der Waals surface area contributed by atoms with Crippen molar-refractivity contribution >= 4 is 15.9 Å². The van der Waals surface area contributed by atoms with E-state index in [4.69, 9.17) is 4.74 Å². The Bertz CT molecular complexity index is 465. The van der Waals surface area contributed by atoms with Crippen LogP contribution in [0.3, 0.4) is 0 Å². The Balaban J connectivity index is 2.51. The number of hydrogen-bond acceptors (Lipinski definition) is 2. The third-order valence-corrected chi connectivity index (χ3v) is 2.91. The Labute approximate surface area is 97.0 Å². The van der Waals surface area contributed by atoms with Crippen LogP contribution in [0, 0.1) is 0 Å². The number of hydrogen-bond donors (Lipinski definition) is 0. The second kappa shape index (κ2) is 3.89. The number of halogens is 4. The Morgan fingerprint density at radius 3 is 2.50 bits per heavy atom. The van der Waals surface area contributed by atoms with E-state index < -0.39 is 17.3 Å². The van der Waals surface area contributed by atoms with Gasteiger partial charge in [0.05, 0.1) is 29.3 Å². The summed E-state index contributed by atoms with van der Waals surface area (Å²) >= 11 is 2.84. The molecular formula is C9H7BrF3NO2. The number of rotatable bonds is 1. The standard InChI is InChI=1S/C9H7BrF3NO2/c10-7-1-5(9(11,12)13)2-14(8(7)15)6-3-16-4-6/h1-2,6H,3-4H2. The van der Waals surface area contributed by atoms with Gasteiger partial charge in [-0.15, -0.1) is 0 Å². The SMILES string of the molecule is O=c1c(Br)cc(C(F)(F)F)cn1C1COC1. The predicted octanol–water partition coefficient (Wildman–Crippen LogP) is 2.20. The fourth-order valence-electron chi connectivity index (χ4n) is 1.38. The summed E-state index contributed by atoms with van der Waals surface area (Å²) in [5, 5.41) is 0. The van der Waals surface area contributed by atoms with Crippen molar-refractivity contribution in [1.82, 2.24) is 4.57 Å². The molecule has 1 fully saturated rings. The Hall–Kier alpha value is -0.820. The lowest BCUT2D eigenvalue weighted by Gasteiger charge is -2.28. The van der Waals surface area contributed by atoms with Crippen molar-refractivity contribution in [2.24, 2.45) is 0 Å². The van der Waals surface area contributed by atoms with Crippen LogP contribution in [0.25, 0.3) is 0 Å². The first kappa shape index (κ1) is 11.7. The molecule has 2 rings (SSSR count). The largest absolute Gasteiger partial charge is 0.417 e. The van der Waals surface area contributed by atoms with Crippen LogP contribution in [0.1, 0.15) is 11.6 Å². The van der Waals surface area contributed by atoms with Crippen LogP contribution in [0.2, 0.25) is 0 Å². The van der Waals surface area contributed by atoms with E-state index in [-0.39, 0.29) is 23.7 Å². The van der Waals surface area contributed by atoms with Crippen LogP contribution < -0.4 is 5.56 Å². The zero-order valence-electron chi connectivity index (χ0n) is 7.92. The van der Waals surface area contributed by atoms with Crippen LogP contribution in [0.4, 0.5) is 13.2 Å². The molecule has 1 aromatic rings. The lowest BCUT2D eigenvalue weighted by Crippen LogP contribution is -2.38. The number of nitrogens with zero attached hydrogens (tertiary/aromatic N) is 1. The highest BCUT2D eigenvalue weighted by atomic mass is 79.9. The minimum Gasteiger partial charge on any atom is -0.377 e. The average Bonchev–Trinajstić information content (AvgIpc) is 2.07. The summed E-state index contributed by atoms with van der Waals surface area (Å²) in [4.78, 5) is 11.6. The molecule has 0 spiro atoms. The van der Waals surface area contributed by atoms with Gasteiger partial charge >= 0.3 is 6.18 Å². The van der Waals surface area contributed by atoms with Gasteiger partial charge in [0.15, 0.2) is 0 Å². The number of pyridine rings is 1. The highest BCUT2D eigenvalue weighted by Crippen LogP contribution is 2.30. The molecule has 2 heterocycles. The fraction of sp³-hybridized carbons (Fsp3) is 0.444. The van der Waals surface area contributed by atoms with Gasteiger partial charge < -0.3 is 9.30 Å². The Morgan fingerprint density at radius 1 is 1.44 bits per heavy atom. The van der Waals surface area contributed by atoms with Crippen LogP contribution >= 0.6 is 15.9 Å². The van der Waals surface area contributed by atoms with E-state index in [2.05, 4.69) is 15.9 Å². The molecule has 0 N–H and O–H groups in total. The van der Waals surface area contributed by atoms with E-state index in [0.717, 1.165) is 16.8 Å². The molecule has 0 radical (unpaired) electrons. The van der Waals surface area contributed by atoms with Crippen LogP contribution in [-0.2, 0) is 10.9 Å². The minimum atomic E-state index is -4.46. The fourth-order valence-corrected chi connectivity index (χ4v) is 1.83. The summed E-state index contributed by atoms with van der Waals surface area (Å²) in [6.07, 6.45) is -3.62. The van der Waals surface area contributed by atoms with E-state index in [0.29, 0.717) is 0 Å². The van der Waals surface area contributed by atoms with Crippen LogP contribution in [0.5, 0.6) is 0 Å². The molecule has 0 saturated carbocycles. The summed E-state index contributed by atoms with van der Waals surface area (Å²) in [7, 11) is 0. The molecule has 0 unspecified atom stereocenters. The van der Waals surface area contributed by atoms with Crippen molar-refractivity contribution in [3.8, 4) is 0 Å². The summed E-state index contributed by atoms with van der Waals surface area (Å²) in [5.41, 5.74) is -1.31. The van der Waals surface area contributed by atoms with Crippen molar-refractivity contribution in [2.75, 3.05) is 13.2 Å². The molecule has 1 saturated heterocycles. The van der Waals surface area contributed by atoms with E-state index >= 15 is 0 Å².